The topological polar surface area (TPSA) is 26.3 Å². The van der Waals surface area contributed by atoms with Gasteiger partial charge < -0.3 is 4.74 Å². The van der Waals surface area contributed by atoms with Gasteiger partial charge in [-0.2, -0.15) is 0 Å². The summed E-state index contributed by atoms with van der Waals surface area (Å²) < 4.78 is 18.7. The number of Topliss-reactive ketones (excluding diaryl/α,β-unsaturated/α-hetero) is 1. The number of hydrogen-bond donors (Lipinski definition) is 0. The van der Waals surface area contributed by atoms with E-state index in [0.717, 1.165) is 0 Å². The quantitative estimate of drug-likeness (QED) is 0.746. The molecule has 0 fully saturated rings. The number of carbonyl (C=O) groups excluding carboxylic acids is 1. The maximum absolute atomic E-state index is 13.2. The molecule has 2 nitrogen and oxygen atoms in total. The number of ketones is 1. The number of carbonyl (C=O) groups is 1. The van der Waals surface area contributed by atoms with Crippen LogP contribution >= 0.6 is 11.6 Å². The highest BCUT2D eigenvalue weighted by Gasteiger charge is 2.05. The summed E-state index contributed by atoms with van der Waals surface area (Å²) in [5.74, 6) is 0.437. The van der Waals surface area contributed by atoms with Gasteiger partial charge in [0.05, 0.1) is 5.02 Å². The lowest BCUT2D eigenvalue weighted by molar-refractivity contribution is 0.0988. The van der Waals surface area contributed by atoms with Gasteiger partial charge in [0.25, 0.3) is 0 Å². The lowest BCUT2D eigenvalue weighted by Crippen LogP contribution is -1.95. The van der Waals surface area contributed by atoms with Crippen LogP contribution in [0.25, 0.3) is 0 Å². The molecule has 4 heteroatoms. The maximum atomic E-state index is 13.2. The van der Waals surface area contributed by atoms with Gasteiger partial charge in [-0.25, -0.2) is 4.39 Å². The summed E-state index contributed by atoms with van der Waals surface area (Å²) in [5.41, 5.74) is 0.636. The van der Waals surface area contributed by atoms with Crippen LogP contribution in [0.4, 0.5) is 4.39 Å². The molecule has 0 unspecified atom stereocenters. The van der Waals surface area contributed by atoms with E-state index in [4.69, 9.17) is 16.3 Å². The summed E-state index contributed by atoms with van der Waals surface area (Å²) in [6.45, 7) is 1.81. The van der Waals surface area contributed by atoms with E-state index in [1.54, 1.807) is 30.3 Å². The predicted octanol–water partition coefficient (Wildman–Crippen LogP) is 4.86. The molecule has 0 aliphatic carbocycles. The molecule has 0 radical (unpaired) electrons. The first-order chi connectivity index (χ1) is 9.10. The van der Waals surface area contributed by atoms with E-state index in [-0.39, 0.29) is 10.8 Å². The fourth-order valence-electron chi connectivity index (χ4n) is 1.59. The Morgan fingerprint density at radius 1 is 1.16 bits per heavy atom. The zero-order valence-corrected chi connectivity index (χ0v) is 11.1. The van der Waals surface area contributed by atoms with Gasteiger partial charge in [-0.1, -0.05) is 18.5 Å². The number of halogens is 2. The van der Waals surface area contributed by atoms with Crippen LogP contribution in [0.3, 0.4) is 0 Å². The second-order valence-corrected chi connectivity index (χ2v) is 4.39. The van der Waals surface area contributed by atoms with Gasteiger partial charge in [-0.15, -0.1) is 0 Å². The summed E-state index contributed by atoms with van der Waals surface area (Å²) >= 11 is 5.59. The molecule has 98 valence electrons. The van der Waals surface area contributed by atoms with Crippen LogP contribution in [0, 0.1) is 5.82 Å². The van der Waals surface area contributed by atoms with E-state index in [1.165, 1.54) is 12.1 Å². The Labute approximate surface area is 115 Å². The normalized spacial score (nSPS) is 10.3. The average molecular weight is 279 g/mol. The minimum Gasteiger partial charge on any atom is -0.457 e. The third-order valence-corrected chi connectivity index (χ3v) is 2.93. The Morgan fingerprint density at radius 2 is 1.79 bits per heavy atom. The minimum absolute atomic E-state index is 0.0521. The van der Waals surface area contributed by atoms with Crippen molar-refractivity contribution < 1.29 is 13.9 Å². The average Bonchev–Trinajstić information content (AvgIpc) is 2.43. The van der Waals surface area contributed by atoms with Crippen LogP contribution in [0.1, 0.15) is 23.7 Å². The first kappa shape index (κ1) is 13.6. The number of rotatable bonds is 4. The first-order valence-corrected chi connectivity index (χ1v) is 6.24. The Bertz CT molecular complexity index is 594. The highest BCUT2D eigenvalue weighted by Crippen LogP contribution is 2.25. The molecule has 0 saturated heterocycles. The number of benzene rings is 2. The van der Waals surface area contributed by atoms with Gasteiger partial charge >= 0.3 is 0 Å². The summed E-state index contributed by atoms with van der Waals surface area (Å²) in [7, 11) is 0. The highest BCUT2D eigenvalue weighted by atomic mass is 35.5. The Balaban J connectivity index is 2.15. The van der Waals surface area contributed by atoms with Gasteiger partial charge in [0, 0.05) is 18.1 Å². The molecule has 19 heavy (non-hydrogen) atoms. The standard InChI is InChI=1S/C15H12ClFO2/c1-2-15(18)10-3-5-11(6-4-10)19-12-7-8-13(16)14(17)9-12/h3-9H,2H2,1H3. The Hall–Kier alpha value is -1.87. The van der Waals surface area contributed by atoms with E-state index in [9.17, 15) is 9.18 Å². The lowest BCUT2D eigenvalue weighted by Gasteiger charge is -2.07. The van der Waals surface area contributed by atoms with Crippen LogP contribution < -0.4 is 4.74 Å². The molecule has 0 aliphatic heterocycles. The molecule has 0 aromatic heterocycles. The van der Waals surface area contributed by atoms with Crippen LogP contribution in [0.15, 0.2) is 42.5 Å². The first-order valence-electron chi connectivity index (χ1n) is 5.86. The summed E-state index contributed by atoms with van der Waals surface area (Å²) in [5, 5.41) is 0.0521. The molecular formula is C15H12ClFO2. The zero-order chi connectivity index (χ0) is 13.8. The molecular weight excluding hydrogens is 267 g/mol. The van der Waals surface area contributed by atoms with Crippen molar-refractivity contribution in [3.05, 3.63) is 58.9 Å². The Kier molecular flexibility index (Phi) is 4.17. The summed E-state index contributed by atoms with van der Waals surface area (Å²) in [4.78, 5) is 11.5. The van der Waals surface area contributed by atoms with Crippen molar-refractivity contribution in [2.45, 2.75) is 13.3 Å². The van der Waals surface area contributed by atoms with Gasteiger partial charge in [0.1, 0.15) is 17.3 Å². The van der Waals surface area contributed by atoms with Crippen LogP contribution in [-0.4, -0.2) is 5.78 Å². The molecule has 0 N–H and O–H groups in total. The molecule has 0 saturated carbocycles. The van der Waals surface area contributed by atoms with Crippen LogP contribution in [-0.2, 0) is 0 Å². The maximum Gasteiger partial charge on any atom is 0.162 e. The molecule has 2 aromatic rings. The van der Waals surface area contributed by atoms with Crippen molar-refractivity contribution in [1.82, 2.24) is 0 Å². The molecule has 0 spiro atoms. The third kappa shape index (κ3) is 3.32. The largest absolute Gasteiger partial charge is 0.457 e. The molecule has 0 atom stereocenters. The zero-order valence-electron chi connectivity index (χ0n) is 10.3. The summed E-state index contributed by atoms with van der Waals surface area (Å²) in [6, 6.07) is 11.0. The molecule has 0 bridgehead atoms. The van der Waals surface area contributed by atoms with Crippen molar-refractivity contribution in [3.63, 3.8) is 0 Å². The molecule has 0 amide bonds. The second-order valence-electron chi connectivity index (χ2n) is 3.98. The highest BCUT2D eigenvalue weighted by molar-refractivity contribution is 6.30. The molecule has 0 heterocycles. The van der Waals surface area contributed by atoms with Crippen molar-refractivity contribution in [2.75, 3.05) is 0 Å². The van der Waals surface area contributed by atoms with E-state index < -0.39 is 5.82 Å². The van der Waals surface area contributed by atoms with E-state index >= 15 is 0 Å². The van der Waals surface area contributed by atoms with Crippen molar-refractivity contribution in [1.29, 1.82) is 0 Å². The summed E-state index contributed by atoms with van der Waals surface area (Å²) in [6.07, 6.45) is 0.461. The van der Waals surface area contributed by atoms with E-state index in [1.807, 2.05) is 6.92 Å². The van der Waals surface area contributed by atoms with E-state index in [2.05, 4.69) is 0 Å². The van der Waals surface area contributed by atoms with Gasteiger partial charge in [0.2, 0.25) is 0 Å². The number of hydrogen-bond acceptors (Lipinski definition) is 2. The second kappa shape index (κ2) is 5.85. The fraction of sp³-hybridized carbons (Fsp3) is 0.133. The molecule has 0 aliphatic rings. The van der Waals surface area contributed by atoms with Gasteiger partial charge in [-0.05, 0) is 36.4 Å². The third-order valence-electron chi connectivity index (χ3n) is 2.62. The van der Waals surface area contributed by atoms with Crippen molar-refractivity contribution >= 4 is 17.4 Å². The van der Waals surface area contributed by atoms with Crippen molar-refractivity contribution in [2.24, 2.45) is 0 Å². The number of ether oxygens (including phenoxy) is 1. The molecule has 2 rings (SSSR count). The minimum atomic E-state index is -0.531. The van der Waals surface area contributed by atoms with Gasteiger partial charge in [-0.3, -0.25) is 4.79 Å². The lowest BCUT2D eigenvalue weighted by atomic mass is 10.1. The van der Waals surface area contributed by atoms with Crippen molar-refractivity contribution in [3.8, 4) is 11.5 Å². The van der Waals surface area contributed by atoms with Crippen LogP contribution in [0.5, 0.6) is 11.5 Å². The van der Waals surface area contributed by atoms with Crippen LogP contribution in [0.2, 0.25) is 5.02 Å². The van der Waals surface area contributed by atoms with Gasteiger partial charge in [0.15, 0.2) is 5.78 Å². The SMILES string of the molecule is CCC(=O)c1ccc(Oc2ccc(Cl)c(F)c2)cc1. The fourth-order valence-corrected chi connectivity index (χ4v) is 1.71. The smallest absolute Gasteiger partial charge is 0.162 e. The predicted molar refractivity (Wildman–Crippen MR) is 72.5 cm³/mol. The van der Waals surface area contributed by atoms with E-state index in [0.29, 0.717) is 23.5 Å². The monoisotopic (exact) mass is 278 g/mol. The molecule has 2 aromatic carbocycles. The Morgan fingerprint density at radius 3 is 2.37 bits per heavy atom.